The minimum absolute atomic E-state index is 0.368. The normalized spacial score (nSPS) is 11.9. The molecule has 0 heterocycles. The van der Waals surface area contributed by atoms with Crippen molar-refractivity contribution in [2.24, 2.45) is 5.73 Å². The van der Waals surface area contributed by atoms with Crippen molar-refractivity contribution in [3.63, 3.8) is 0 Å². The number of aliphatic carboxylic acids is 1. The molecule has 0 spiro atoms. The molecule has 5 heteroatoms. The molecule has 0 aliphatic rings. The quantitative estimate of drug-likeness (QED) is 0.668. The summed E-state index contributed by atoms with van der Waals surface area (Å²) in [5.74, 6) is -0.256. The molecule has 1 atom stereocenters. The lowest BCUT2D eigenvalue weighted by Gasteiger charge is -2.11. The van der Waals surface area contributed by atoms with Crippen LogP contribution < -0.4 is 15.8 Å². The second-order valence-electron chi connectivity index (χ2n) is 3.36. The van der Waals surface area contributed by atoms with Crippen molar-refractivity contribution in [3.05, 3.63) is 24.3 Å². The molecule has 0 saturated carbocycles. The number of hydrogen-bond acceptors (Lipinski definition) is 4. The molecule has 1 aromatic rings. The summed E-state index contributed by atoms with van der Waals surface area (Å²) in [6.07, 6.45) is 0.368. The highest BCUT2D eigenvalue weighted by Crippen LogP contribution is 2.22. The molecule has 0 aromatic heterocycles. The molecule has 0 aliphatic heterocycles. The van der Waals surface area contributed by atoms with Gasteiger partial charge in [0.15, 0.2) is 0 Å². The number of anilines is 1. The zero-order valence-corrected chi connectivity index (χ0v) is 9.14. The average Bonchev–Trinajstić information content (AvgIpc) is 2.29. The fourth-order valence-electron chi connectivity index (χ4n) is 1.28. The number of methoxy groups -OCH3 is 1. The van der Waals surface area contributed by atoms with Crippen LogP contribution in [0.2, 0.25) is 0 Å². The summed E-state index contributed by atoms with van der Waals surface area (Å²) in [7, 11) is 1.59. The zero-order chi connectivity index (χ0) is 12.0. The third kappa shape index (κ3) is 3.43. The van der Waals surface area contributed by atoms with E-state index in [0.29, 0.717) is 13.0 Å². The lowest BCUT2D eigenvalue weighted by Crippen LogP contribution is -2.32. The molecule has 0 radical (unpaired) electrons. The number of hydrogen-bond donors (Lipinski definition) is 3. The van der Waals surface area contributed by atoms with E-state index in [0.717, 1.165) is 11.4 Å². The molecule has 5 nitrogen and oxygen atoms in total. The molecule has 1 unspecified atom stereocenters. The number of rotatable bonds is 6. The summed E-state index contributed by atoms with van der Waals surface area (Å²) in [6, 6.07) is 6.61. The number of benzene rings is 1. The molecule has 88 valence electrons. The summed E-state index contributed by atoms with van der Waals surface area (Å²) in [5, 5.41) is 11.7. The largest absolute Gasteiger partial charge is 0.495 e. The van der Waals surface area contributed by atoms with E-state index in [-0.39, 0.29) is 0 Å². The van der Waals surface area contributed by atoms with Crippen LogP contribution >= 0.6 is 0 Å². The van der Waals surface area contributed by atoms with Crippen molar-refractivity contribution >= 4 is 11.7 Å². The maximum atomic E-state index is 10.5. The predicted octanol–water partition coefficient (Wildman–Crippen LogP) is 0.909. The van der Waals surface area contributed by atoms with E-state index in [1.165, 1.54) is 0 Å². The first-order valence-corrected chi connectivity index (χ1v) is 5.00. The molecule has 0 amide bonds. The number of ether oxygens (including phenoxy) is 1. The van der Waals surface area contributed by atoms with E-state index in [4.69, 9.17) is 15.6 Å². The standard InChI is InChI=1S/C11H16N2O3/c1-16-10-5-3-2-4-9(10)13-7-6-8(12)11(14)15/h2-5,8,13H,6-7,12H2,1H3,(H,14,15). The number of carboxylic acids is 1. The van der Waals surface area contributed by atoms with Crippen molar-refractivity contribution in [1.29, 1.82) is 0 Å². The Morgan fingerprint density at radius 1 is 1.56 bits per heavy atom. The third-order valence-corrected chi connectivity index (χ3v) is 2.19. The van der Waals surface area contributed by atoms with Gasteiger partial charge in [-0.15, -0.1) is 0 Å². The first-order valence-electron chi connectivity index (χ1n) is 5.00. The van der Waals surface area contributed by atoms with Gasteiger partial charge in [-0.3, -0.25) is 4.79 Å². The van der Waals surface area contributed by atoms with Crippen molar-refractivity contribution in [2.45, 2.75) is 12.5 Å². The molecule has 16 heavy (non-hydrogen) atoms. The lowest BCUT2D eigenvalue weighted by atomic mass is 10.2. The molecule has 0 fully saturated rings. The Hall–Kier alpha value is -1.75. The minimum atomic E-state index is -0.984. The Bertz CT molecular complexity index is 355. The fourth-order valence-corrected chi connectivity index (χ4v) is 1.28. The van der Waals surface area contributed by atoms with Crippen molar-refractivity contribution < 1.29 is 14.6 Å². The van der Waals surface area contributed by atoms with Gasteiger partial charge in [-0.2, -0.15) is 0 Å². The Balaban J connectivity index is 2.45. The number of carboxylic acid groups (broad SMARTS) is 1. The third-order valence-electron chi connectivity index (χ3n) is 2.19. The predicted molar refractivity (Wildman–Crippen MR) is 61.7 cm³/mol. The Labute approximate surface area is 94.2 Å². The van der Waals surface area contributed by atoms with Gasteiger partial charge in [0.25, 0.3) is 0 Å². The average molecular weight is 224 g/mol. The van der Waals surface area contributed by atoms with Gasteiger partial charge in [0.05, 0.1) is 12.8 Å². The van der Waals surface area contributed by atoms with Gasteiger partial charge >= 0.3 is 5.97 Å². The van der Waals surface area contributed by atoms with E-state index in [2.05, 4.69) is 5.32 Å². The molecular formula is C11H16N2O3. The van der Waals surface area contributed by atoms with Crippen LogP contribution in [-0.2, 0) is 4.79 Å². The van der Waals surface area contributed by atoms with Crippen LogP contribution in [0, 0.1) is 0 Å². The summed E-state index contributed by atoms with van der Waals surface area (Å²) in [6.45, 7) is 0.494. The van der Waals surface area contributed by atoms with Crippen molar-refractivity contribution in [2.75, 3.05) is 19.0 Å². The molecule has 0 bridgehead atoms. The second kappa shape index (κ2) is 5.97. The summed E-state index contributed by atoms with van der Waals surface area (Å²) >= 11 is 0. The number of para-hydroxylation sites is 2. The van der Waals surface area contributed by atoms with Crippen molar-refractivity contribution in [1.82, 2.24) is 0 Å². The Morgan fingerprint density at radius 2 is 2.25 bits per heavy atom. The lowest BCUT2D eigenvalue weighted by molar-refractivity contribution is -0.138. The van der Waals surface area contributed by atoms with E-state index in [9.17, 15) is 4.79 Å². The van der Waals surface area contributed by atoms with Gasteiger partial charge in [0.2, 0.25) is 0 Å². The van der Waals surface area contributed by atoms with Crippen LogP contribution in [0.1, 0.15) is 6.42 Å². The number of nitrogens with one attached hydrogen (secondary N) is 1. The van der Waals surface area contributed by atoms with Crippen LogP contribution in [-0.4, -0.2) is 30.8 Å². The Morgan fingerprint density at radius 3 is 2.88 bits per heavy atom. The molecule has 0 saturated heterocycles. The van der Waals surface area contributed by atoms with Gasteiger partial charge in [0, 0.05) is 6.54 Å². The number of nitrogens with two attached hydrogens (primary N) is 1. The molecule has 1 rings (SSSR count). The maximum absolute atomic E-state index is 10.5. The molecule has 1 aromatic carbocycles. The van der Waals surface area contributed by atoms with Gasteiger partial charge in [-0.1, -0.05) is 12.1 Å². The first-order chi connectivity index (χ1) is 7.65. The smallest absolute Gasteiger partial charge is 0.320 e. The van der Waals surface area contributed by atoms with E-state index < -0.39 is 12.0 Å². The van der Waals surface area contributed by atoms with E-state index in [1.807, 2.05) is 24.3 Å². The highest BCUT2D eigenvalue weighted by molar-refractivity contribution is 5.73. The van der Waals surface area contributed by atoms with Crippen LogP contribution in [0.25, 0.3) is 0 Å². The molecule has 4 N–H and O–H groups in total. The van der Waals surface area contributed by atoms with E-state index in [1.54, 1.807) is 7.11 Å². The monoisotopic (exact) mass is 224 g/mol. The highest BCUT2D eigenvalue weighted by Gasteiger charge is 2.10. The first kappa shape index (κ1) is 12.3. The van der Waals surface area contributed by atoms with Gasteiger partial charge < -0.3 is 20.9 Å². The van der Waals surface area contributed by atoms with E-state index >= 15 is 0 Å². The van der Waals surface area contributed by atoms with Crippen molar-refractivity contribution in [3.8, 4) is 5.75 Å². The van der Waals surface area contributed by atoms with Crippen LogP contribution in [0.5, 0.6) is 5.75 Å². The van der Waals surface area contributed by atoms with Gasteiger partial charge in [0.1, 0.15) is 11.8 Å². The minimum Gasteiger partial charge on any atom is -0.495 e. The maximum Gasteiger partial charge on any atom is 0.320 e. The number of carbonyl (C=O) groups is 1. The van der Waals surface area contributed by atoms with Gasteiger partial charge in [-0.25, -0.2) is 0 Å². The summed E-state index contributed by atoms with van der Waals surface area (Å²) < 4.78 is 5.14. The second-order valence-corrected chi connectivity index (χ2v) is 3.36. The van der Waals surface area contributed by atoms with Crippen LogP contribution in [0.3, 0.4) is 0 Å². The summed E-state index contributed by atoms with van der Waals surface area (Å²) in [5.41, 5.74) is 6.22. The van der Waals surface area contributed by atoms with Gasteiger partial charge in [-0.05, 0) is 18.6 Å². The topological polar surface area (TPSA) is 84.6 Å². The highest BCUT2D eigenvalue weighted by atomic mass is 16.5. The van der Waals surface area contributed by atoms with Crippen LogP contribution in [0.15, 0.2) is 24.3 Å². The Kier molecular flexibility index (Phi) is 4.60. The fraction of sp³-hybridized carbons (Fsp3) is 0.364. The zero-order valence-electron chi connectivity index (χ0n) is 9.14. The van der Waals surface area contributed by atoms with Crippen LogP contribution in [0.4, 0.5) is 5.69 Å². The SMILES string of the molecule is COc1ccccc1NCCC(N)C(=O)O. The summed E-state index contributed by atoms with van der Waals surface area (Å²) in [4.78, 5) is 10.5. The molecule has 0 aliphatic carbocycles. The molecular weight excluding hydrogens is 208 g/mol.